The molecule has 4 aromatic carbocycles. The maximum atomic E-state index is 12.8. The Labute approximate surface area is 187 Å². The molecule has 0 spiro atoms. The van der Waals surface area contributed by atoms with Crippen molar-refractivity contribution < 1.29 is 14.3 Å². The molecule has 0 radical (unpaired) electrons. The second kappa shape index (κ2) is 9.35. The van der Waals surface area contributed by atoms with E-state index in [1.165, 1.54) is 0 Å². The normalized spacial score (nSPS) is 10.6. The molecular formula is C27H24N2O3. The number of ether oxygens (including phenoxy) is 1. The summed E-state index contributed by atoms with van der Waals surface area (Å²) in [6, 6.07) is 26.5. The number of nitrogens with one attached hydrogen (secondary N) is 1. The summed E-state index contributed by atoms with van der Waals surface area (Å²) in [5.41, 5.74) is 3.89. The van der Waals surface area contributed by atoms with Gasteiger partial charge in [0.25, 0.3) is 5.91 Å². The smallest absolute Gasteiger partial charge is 0.255 e. The maximum absolute atomic E-state index is 12.8. The molecule has 4 rings (SSSR count). The number of carbonyl (C=O) groups excluding carboxylic acids is 2. The first-order valence-corrected chi connectivity index (χ1v) is 10.3. The molecule has 0 heterocycles. The monoisotopic (exact) mass is 424 g/mol. The molecule has 0 aliphatic heterocycles. The van der Waals surface area contributed by atoms with Gasteiger partial charge in [-0.1, -0.05) is 48.5 Å². The van der Waals surface area contributed by atoms with Crippen LogP contribution in [-0.2, 0) is 11.3 Å². The van der Waals surface area contributed by atoms with Crippen molar-refractivity contribution in [2.75, 3.05) is 17.3 Å². The van der Waals surface area contributed by atoms with Gasteiger partial charge in [-0.25, -0.2) is 0 Å². The van der Waals surface area contributed by atoms with E-state index < -0.39 is 0 Å². The number of benzene rings is 4. The van der Waals surface area contributed by atoms with E-state index in [-0.39, 0.29) is 5.91 Å². The highest BCUT2D eigenvalue weighted by atomic mass is 16.5. The number of fused-ring (bicyclic) bond motifs is 1. The zero-order valence-corrected chi connectivity index (χ0v) is 18.0. The van der Waals surface area contributed by atoms with Gasteiger partial charge in [0.05, 0.1) is 25.0 Å². The van der Waals surface area contributed by atoms with Gasteiger partial charge in [-0.3, -0.25) is 9.59 Å². The molecular weight excluding hydrogens is 400 g/mol. The van der Waals surface area contributed by atoms with Crippen LogP contribution in [0.25, 0.3) is 10.8 Å². The van der Waals surface area contributed by atoms with Crippen molar-refractivity contribution >= 4 is 34.5 Å². The van der Waals surface area contributed by atoms with E-state index >= 15 is 0 Å². The van der Waals surface area contributed by atoms with Crippen molar-refractivity contribution in [3.63, 3.8) is 0 Å². The van der Waals surface area contributed by atoms with Crippen LogP contribution >= 0.6 is 0 Å². The van der Waals surface area contributed by atoms with Crippen LogP contribution in [0.4, 0.5) is 11.4 Å². The highest BCUT2D eigenvalue weighted by Crippen LogP contribution is 2.30. The van der Waals surface area contributed by atoms with Crippen molar-refractivity contribution in [3.8, 4) is 5.75 Å². The molecule has 0 aliphatic carbocycles. The van der Waals surface area contributed by atoms with Crippen LogP contribution in [0.5, 0.6) is 5.75 Å². The van der Waals surface area contributed by atoms with Gasteiger partial charge < -0.3 is 15.0 Å². The fourth-order valence-electron chi connectivity index (χ4n) is 3.77. The first-order chi connectivity index (χ1) is 15.6. The standard InChI is InChI=1S/C27H24N2O3/c1-19-11-12-20-7-3-4-8-23(20)24(19)17-29(18-30)26-10-6-5-9-25(26)28-27(31)21-13-15-22(32-2)16-14-21/h3-16,18H,17H2,1-2H3,(H,28,31). The molecule has 1 N–H and O–H groups in total. The minimum atomic E-state index is -0.257. The fourth-order valence-corrected chi connectivity index (χ4v) is 3.77. The largest absolute Gasteiger partial charge is 0.497 e. The number of methoxy groups -OCH3 is 1. The number of rotatable bonds is 7. The predicted molar refractivity (Wildman–Crippen MR) is 128 cm³/mol. The van der Waals surface area contributed by atoms with Crippen LogP contribution in [0.2, 0.25) is 0 Å². The van der Waals surface area contributed by atoms with E-state index in [1.807, 2.05) is 37.3 Å². The summed E-state index contributed by atoms with van der Waals surface area (Å²) in [4.78, 5) is 26.6. The Kier molecular flexibility index (Phi) is 6.17. The first-order valence-electron chi connectivity index (χ1n) is 10.3. The lowest BCUT2D eigenvalue weighted by Crippen LogP contribution is -2.23. The molecule has 0 atom stereocenters. The predicted octanol–water partition coefficient (Wildman–Crippen LogP) is 5.57. The van der Waals surface area contributed by atoms with Crippen LogP contribution in [0, 0.1) is 6.92 Å². The Bertz CT molecular complexity index is 1270. The zero-order chi connectivity index (χ0) is 22.5. The average Bonchev–Trinajstić information content (AvgIpc) is 2.84. The molecule has 0 unspecified atom stereocenters. The third kappa shape index (κ3) is 4.32. The molecule has 0 aliphatic rings. The van der Waals surface area contributed by atoms with Crippen LogP contribution in [-0.4, -0.2) is 19.4 Å². The Morgan fingerprint density at radius 1 is 0.938 bits per heavy atom. The summed E-state index contributed by atoms with van der Waals surface area (Å²) in [5, 5.41) is 5.17. The Balaban J connectivity index is 1.64. The topological polar surface area (TPSA) is 58.6 Å². The minimum Gasteiger partial charge on any atom is -0.497 e. The lowest BCUT2D eigenvalue weighted by molar-refractivity contribution is -0.107. The number of aryl methyl sites for hydroxylation is 1. The molecule has 160 valence electrons. The zero-order valence-electron chi connectivity index (χ0n) is 18.0. The molecule has 0 saturated carbocycles. The number of nitrogens with zero attached hydrogens (tertiary/aromatic N) is 1. The van der Waals surface area contributed by atoms with E-state index in [0.717, 1.165) is 28.3 Å². The second-order valence-corrected chi connectivity index (χ2v) is 7.52. The van der Waals surface area contributed by atoms with E-state index in [4.69, 9.17) is 4.74 Å². The SMILES string of the molecule is COc1ccc(C(=O)Nc2ccccc2N(C=O)Cc2c(C)ccc3ccccc23)cc1. The van der Waals surface area contributed by atoms with Crippen molar-refractivity contribution in [2.24, 2.45) is 0 Å². The average molecular weight is 425 g/mol. The Morgan fingerprint density at radius 2 is 1.66 bits per heavy atom. The van der Waals surface area contributed by atoms with Crippen molar-refractivity contribution in [2.45, 2.75) is 13.5 Å². The number of hydrogen-bond donors (Lipinski definition) is 1. The molecule has 5 heteroatoms. The van der Waals surface area contributed by atoms with Gasteiger partial charge in [-0.05, 0) is 65.2 Å². The molecule has 5 nitrogen and oxygen atoms in total. The van der Waals surface area contributed by atoms with E-state index in [1.54, 1.807) is 42.3 Å². The number of carbonyl (C=O) groups is 2. The quantitative estimate of drug-likeness (QED) is 0.395. The molecule has 4 aromatic rings. The summed E-state index contributed by atoms with van der Waals surface area (Å²) in [7, 11) is 1.58. The Morgan fingerprint density at radius 3 is 2.41 bits per heavy atom. The van der Waals surface area contributed by atoms with Gasteiger partial charge in [-0.2, -0.15) is 0 Å². The number of anilines is 2. The molecule has 0 bridgehead atoms. The van der Waals surface area contributed by atoms with Gasteiger partial charge in [0, 0.05) is 5.56 Å². The minimum absolute atomic E-state index is 0.257. The molecule has 0 fully saturated rings. The summed E-state index contributed by atoms with van der Waals surface area (Å²) in [6.45, 7) is 2.44. The summed E-state index contributed by atoms with van der Waals surface area (Å²) in [5.74, 6) is 0.423. The molecule has 2 amide bonds. The van der Waals surface area contributed by atoms with Crippen LogP contribution < -0.4 is 15.0 Å². The van der Waals surface area contributed by atoms with Crippen molar-refractivity contribution in [1.82, 2.24) is 0 Å². The third-order valence-electron chi connectivity index (χ3n) is 5.54. The number of hydrogen-bond acceptors (Lipinski definition) is 3. The van der Waals surface area contributed by atoms with Gasteiger partial charge in [0.2, 0.25) is 6.41 Å². The highest BCUT2D eigenvalue weighted by Gasteiger charge is 2.16. The van der Waals surface area contributed by atoms with Gasteiger partial charge >= 0.3 is 0 Å². The summed E-state index contributed by atoms with van der Waals surface area (Å²) < 4.78 is 5.15. The van der Waals surface area contributed by atoms with Crippen LogP contribution in [0.3, 0.4) is 0 Å². The van der Waals surface area contributed by atoms with Gasteiger partial charge in [0.15, 0.2) is 0 Å². The van der Waals surface area contributed by atoms with Gasteiger partial charge in [0.1, 0.15) is 5.75 Å². The fraction of sp³-hybridized carbons (Fsp3) is 0.111. The lowest BCUT2D eigenvalue weighted by Gasteiger charge is -2.23. The van der Waals surface area contributed by atoms with Gasteiger partial charge in [-0.15, -0.1) is 0 Å². The first kappa shape index (κ1) is 21.1. The van der Waals surface area contributed by atoms with E-state index in [0.29, 0.717) is 29.2 Å². The summed E-state index contributed by atoms with van der Waals surface area (Å²) in [6.07, 6.45) is 0.805. The molecule has 32 heavy (non-hydrogen) atoms. The lowest BCUT2D eigenvalue weighted by atomic mass is 9.99. The van der Waals surface area contributed by atoms with Crippen molar-refractivity contribution in [3.05, 3.63) is 102 Å². The van der Waals surface area contributed by atoms with Crippen LogP contribution in [0.15, 0.2) is 84.9 Å². The number of para-hydroxylation sites is 2. The van der Waals surface area contributed by atoms with Crippen molar-refractivity contribution in [1.29, 1.82) is 0 Å². The number of amides is 2. The molecule has 0 saturated heterocycles. The highest BCUT2D eigenvalue weighted by molar-refractivity contribution is 6.06. The third-order valence-corrected chi connectivity index (χ3v) is 5.54. The summed E-state index contributed by atoms with van der Waals surface area (Å²) >= 11 is 0. The van der Waals surface area contributed by atoms with E-state index in [9.17, 15) is 9.59 Å². The van der Waals surface area contributed by atoms with E-state index in [2.05, 4.69) is 29.6 Å². The Hall–Kier alpha value is -4.12. The molecule has 0 aromatic heterocycles. The maximum Gasteiger partial charge on any atom is 0.255 e. The second-order valence-electron chi connectivity index (χ2n) is 7.52. The van der Waals surface area contributed by atoms with Crippen LogP contribution in [0.1, 0.15) is 21.5 Å².